The van der Waals surface area contributed by atoms with E-state index in [9.17, 15) is 15.0 Å². The van der Waals surface area contributed by atoms with Crippen LogP contribution in [-0.4, -0.2) is 68.9 Å². The van der Waals surface area contributed by atoms with Gasteiger partial charge in [0.2, 0.25) is 0 Å². The number of esters is 1. The van der Waals surface area contributed by atoms with Crippen LogP contribution < -0.4 is 0 Å². The molecule has 0 radical (unpaired) electrons. The van der Waals surface area contributed by atoms with Gasteiger partial charge in [-0.3, -0.25) is 4.79 Å². The Labute approximate surface area is 158 Å². The number of aliphatic hydroxyl groups excluding tert-OH is 2. The molecule has 0 aromatic heterocycles. The van der Waals surface area contributed by atoms with Gasteiger partial charge in [0, 0.05) is 7.11 Å². The molecule has 0 aliphatic carbocycles. The van der Waals surface area contributed by atoms with Gasteiger partial charge in [0.15, 0.2) is 20.7 Å². The Morgan fingerprint density at radius 1 is 1.08 bits per heavy atom. The molecule has 1 rings (SSSR count). The SMILES string of the molecule is CO[C@@H]1OC(CO[Si](C)(C)C(C)(C)C)[C@H](O)C(OC(=O)C(C)(C)C)C1O. The molecule has 8 heteroatoms. The fourth-order valence-electron chi connectivity index (χ4n) is 2.18. The van der Waals surface area contributed by atoms with Crippen molar-refractivity contribution in [3.63, 3.8) is 0 Å². The minimum atomic E-state index is -2.05. The van der Waals surface area contributed by atoms with Gasteiger partial charge >= 0.3 is 5.97 Å². The summed E-state index contributed by atoms with van der Waals surface area (Å²) in [5, 5.41) is 21.0. The highest BCUT2D eigenvalue weighted by atomic mass is 28.4. The Bertz CT molecular complexity index is 481. The molecule has 2 N–H and O–H groups in total. The van der Waals surface area contributed by atoms with E-state index in [1.54, 1.807) is 20.8 Å². The van der Waals surface area contributed by atoms with E-state index >= 15 is 0 Å². The minimum Gasteiger partial charge on any atom is -0.456 e. The van der Waals surface area contributed by atoms with Gasteiger partial charge < -0.3 is 28.8 Å². The number of hydrogen-bond donors (Lipinski definition) is 2. The molecule has 0 spiro atoms. The molecule has 154 valence electrons. The van der Waals surface area contributed by atoms with Crippen LogP contribution in [0.4, 0.5) is 0 Å². The van der Waals surface area contributed by atoms with Crippen molar-refractivity contribution < 1.29 is 33.6 Å². The molecular weight excluding hydrogens is 356 g/mol. The van der Waals surface area contributed by atoms with Crippen LogP contribution in [0.5, 0.6) is 0 Å². The number of ether oxygens (including phenoxy) is 3. The van der Waals surface area contributed by atoms with Crippen molar-refractivity contribution in [2.45, 2.75) is 90.4 Å². The predicted molar refractivity (Wildman–Crippen MR) is 100 cm³/mol. The quantitative estimate of drug-likeness (QED) is 0.546. The van der Waals surface area contributed by atoms with Crippen molar-refractivity contribution in [3.05, 3.63) is 0 Å². The highest BCUT2D eigenvalue weighted by Gasteiger charge is 2.49. The topological polar surface area (TPSA) is 94.5 Å². The third-order valence-corrected chi connectivity index (χ3v) is 9.65. The number of hydrogen-bond acceptors (Lipinski definition) is 7. The maximum Gasteiger partial charge on any atom is 0.311 e. The molecule has 1 saturated heterocycles. The van der Waals surface area contributed by atoms with E-state index in [4.69, 9.17) is 18.6 Å². The van der Waals surface area contributed by atoms with E-state index in [0.717, 1.165) is 0 Å². The number of methoxy groups -OCH3 is 1. The molecular formula is C18H36O7Si. The van der Waals surface area contributed by atoms with Crippen molar-refractivity contribution in [3.8, 4) is 0 Å². The first-order valence-electron chi connectivity index (χ1n) is 9.01. The molecule has 1 aliphatic heterocycles. The van der Waals surface area contributed by atoms with Crippen molar-refractivity contribution in [1.82, 2.24) is 0 Å². The Hall–Kier alpha value is -0.513. The second-order valence-corrected chi connectivity index (χ2v) is 14.3. The first-order chi connectivity index (χ1) is 11.6. The lowest BCUT2D eigenvalue weighted by Gasteiger charge is -2.44. The zero-order chi connectivity index (χ0) is 20.5. The van der Waals surface area contributed by atoms with Crippen LogP contribution >= 0.6 is 0 Å². The van der Waals surface area contributed by atoms with Crippen molar-refractivity contribution >= 4 is 14.3 Å². The van der Waals surface area contributed by atoms with Gasteiger partial charge in [-0.05, 0) is 38.9 Å². The van der Waals surface area contributed by atoms with Crippen molar-refractivity contribution in [1.29, 1.82) is 0 Å². The zero-order valence-electron chi connectivity index (χ0n) is 17.5. The first kappa shape index (κ1) is 23.5. The van der Waals surface area contributed by atoms with Crippen LogP contribution in [0, 0.1) is 5.41 Å². The molecule has 0 saturated carbocycles. The normalized spacial score (nSPS) is 31.0. The van der Waals surface area contributed by atoms with Crippen molar-refractivity contribution in [2.75, 3.05) is 13.7 Å². The van der Waals surface area contributed by atoms with Crippen molar-refractivity contribution in [2.24, 2.45) is 5.41 Å². The Morgan fingerprint density at radius 2 is 1.62 bits per heavy atom. The smallest absolute Gasteiger partial charge is 0.311 e. The number of carbonyl (C=O) groups excluding carboxylic acids is 1. The second-order valence-electron chi connectivity index (χ2n) is 9.45. The van der Waals surface area contributed by atoms with Gasteiger partial charge in [0.1, 0.15) is 18.3 Å². The maximum absolute atomic E-state index is 12.2. The van der Waals surface area contributed by atoms with Crippen LogP contribution in [0.3, 0.4) is 0 Å². The molecule has 1 aliphatic rings. The lowest BCUT2D eigenvalue weighted by Crippen LogP contribution is -2.61. The fraction of sp³-hybridized carbons (Fsp3) is 0.944. The third-order valence-electron chi connectivity index (χ3n) is 5.14. The summed E-state index contributed by atoms with van der Waals surface area (Å²) >= 11 is 0. The van der Waals surface area contributed by atoms with E-state index in [2.05, 4.69) is 33.9 Å². The summed E-state index contributed by atoms with van der Waals surface area (Å²) in [5.74, 6) is -0.513. The third kappa shape index (κ3) is 5.50. The van der Waals surface area contributed by atoms with Gasteiger partial charge in [0.05, 0.1) is 12.0 Å². The fourth-order valence-corrected chi connectivity index (χ4v) is 3.20. The summed E-state index contributed by atoms with van der Waals surface area (Å²) in [4.78, 5) is 12.2. The molecule has 0 aromatic rings. The summed E-state index contributed by atoms with van der Waals surface area (Å²) in [6.45, 7) is 15.8. The van der Waals surface area contributed by atoms with Gasteiger partial charge in [-0.2, -0.15) is 0 Å². The monoisotopic (exact) mass is 392 g/mol. The summed E-state index contributed by atoms with van der Waals surface area (Å²) in [5.41, 5.74) is -0.756. The van der Waals surface area contributed by atoms with Crippen LogP contribution in [0.1, 0.15) is 41.5 Å². The van der Waals surface area contributed by atoms with Gasteiger partial charge in [-0.25, -0.2) is 0 Å². The lowest BCUT2D eigenvalue weighted by atomic mass is 9.95. The maximum atomic E-state index is 12.2. The number of carbonyl (C=O) groups is 1. The van der Waals surface area contributed by atoms with E-state index in [1.165, 1.54) is 7.11 Å². The Kier molecular flexibility index (Phi) is 7.46. The first-order valence-corrected chi connectivity index (χ1v) is 11.9. The highest BCUT2D eigenvalue weighted by Crippen LogP contribution is 2.37. The van der Waals surface area contributed by atoms with E-state index in [1.807, 2.05) is 0 Å². The van der Waals surface area contributed by atoms with Crippen LogP contribution in [0.15, 0.2) is 0 Å². The number of rotatable bonds is 5. The molecule has 3 unspecified atom stereocenters. The average Bonchev–Trinajstić information content (AvgIpc) is 2.48. The molecule has 0 aromatic carbocycles. The molecule has 1 heterocycles. The molecule has 26 heavy (non-hydrogen) atoms. The Morgan fingerprint density at radius 3 is 2.04 bits per heavy atom. The number of aliphatic hydroxyl groups is 2. The summed E-state index contributed by atoms with van der Waals surface area (Å²) in [6, 6.07) is 0. The predicted octanol–water partition coefficient (Wildman–Crippen LogP) is 2.06. The standard InChI is InChI=1S/C18H36O7Si/c1-17(2,3)16(21)25-14-12(19)11(24-15(22-7)13(14)20)10-23-26(8,9)18(4,5)6/h11-15,19-20H,10H2,1-9H3/t11?,12-,13?,14?,15+/m0/s1. The summed E-state index contributed by atoms with van der Waals surface area (Å²) in [7, 11) is -0.665. The minimum absolute atomic E-state index is 0.00485. The average molecular weight is 393 g/mol. The van der Waals surface area contributed by atoms with Gasteiger partial charge in [-0.1, -0.05) is 20.8 Å². The largest absolute Gasteiger partial charge is 0.456 e. The van der Waals surface area contributed by atoms with Crippen LogP contribution in [-0.2, 0) is 23.4 Å². The van der Waals surface area contributed by atoms with Gasteiger partial charge in [0.25, 0.3) is 0 Å². The molecule has 1 fully saturated rings. The van der Waals surface area contributed by atoms with Crippen LogP contribution in [0.25, 0.3) is 0 Å². The van der Waals surface area contributed by atoms with E-state index in [-0.39, 0.29) is 11.6 Å². The molecule has 0 bridgehead atoms. The molecule has 0 amide bonds. The summed E-state index contributed by atoms with van der Waals surface area (Å²) in [6.07, 6.45) is -5.43. The summed E-state index contributed by atoms with van der Waals surface area (Å²) < 4.78 is 22.3. The Balaban J connectivity index is 2.92. The molecule has 7 nitrogen and oxygen atoms in total. The lowest BCUT2D eigenvalue weighted by molar-refractivity contribution is -0.297. The van der Waals surface area contributed by atoms with E-state index in [0.29, 0.717) is 0 Å². The molecule has 5 atom stereocenters. The zero-order valence-corrected chi connectivity index (χ0v) is 18.5. The van der Waals surface area contributed by atoms with E-state index < -0.39 is 50.4 Å². The second kappa shape index (κ2) is 8.24. The van der Waals surface area contributed by atoms with Crippen LogP contribution in [0.2, 0.25) is 18.1 Å². The highest BCUT2D eigenvalue weighted by molar-refractivity contribution is 6.74. The van der Waals surface area contributed by atoms with Gasteiger partial charge in [-0.15, -0.1) is 0 Å².